The van der Waals surface area contributed by atoms with Gasteiger partial charge < -0.3 is 5.11 Å². The molecule has 1 aromatic rings. The second-order valence-electron chi connectivity index (χ2n) is 3.97. The van der Waals surface area contributed by atoms with Crippen molar-refractivity contribution in [1.82, 2.24) is 0 Å². The van der Waals surface area contributed by atoms with Crippen molar-refractivity contribution < 1.29 is 23.1 Å². The number of nitrogens with zero attached hydrogens (tertiary/aromatic N) is 1. The molecule has 1 aliphatic carbocycles. The topological polar surface area (TPSA) is 49.7 Å². The van der Waals surface area contributed by atoms with Crippen molar-refractivity contribution in [2.75, 3.05) is 0 Å². The van der Waals surface area contributed by atoms with E-state index >= 15 is 0 Å². The summed E-state index contributed by atoms with van der Waals surface area (Å²) in [5.41, 5.74) is -1.97. The largest absolute Gasteiger partial charge is 0.504 e. The molecule has 1 saturated carbocycles. The molecule has 0 heterocycles. The Hall–Kier alpha value is -1.81. The number of aromatic hydroxyl groups is 1. The third-order valence-corrected chi connectivity index (χ3v) is 3.05. The van der Waals surface area contributed by atoms with Crippen LogP contribution >= 0.6 is 0 Å². The minimum absolute atomic E-state index is 0.246. The van der Waals surface area contributed by atoms with E-state index in [0.717, 1.165) is 0 Å². The molecule has 6 heteroatoms. The Kier molecular flexibility index (Phi) is 2.67. The van der Waals surface area contributed by atoms with E-state index in [1.807, 2.05) is 0 Å². The van der Waals surface area contributed by atoms with E-state index in [4.69, 9.17) is 0 Å². The number of phenols is 1. The molecule has 1 aromatic carbocycles. The van der Waals surface area contributed by atoms with E-state index in [-0.39, 0.29) is 18.9 Å². The summed E-state index contributed by atoms with van der Waals surface area (Å²) in [6.07, 6.45) is 2.37. The van der Waals surface area contributed by atoms with Crippen molar-refractivity contribution in [1.29, 1.82) is 0 Å². The van der Waals surface area contributed by atoms with Crippen LogP contribution in [0.1, 0.15) is 24.8 Å². The number of rotatable bonds is 2. The number of hydrogen-bond donors (Lipinski definition) is 1. The highest BCUT2D eigenvalue weighted by Gasteiger charge is 2.44. The van der Waals surface area contributed by atoms with Gasteiger partial charge in [0.15, 0.2) is 23.2 Å². The normalized spacial score (nSPS) is 17.1. The van der Waals surface area contributed by atoms with Crippen molar-refractivity contribution >= 4 is 6.08 Å². The van der Waals surface area contributed by atoms with E-state index in [1.54, 1.807) is 0 Å². The van der Waals surface area contributed by atoms with Gasteiger partial charge in [0, 0.05) is 6.07 Å². The minimum atomic E-state index is -1.41. The van der Waals surface area contributed by atoms with Crippen molar-refractivity contribution in [2.45, 2.75) is 24.8 Å². The van der Waals surface area contributed by atoms with Crippen molar-refractivity contribution in [3.05, 3.63) is 29.1 Å². The van der Waals surface area contributed by atoms with Gasteiger partial charge in [-0.2, -0.15) is 4.99 Å². The van der Waals surface area contributed by atoms with E-state index in [1.165, 1.54) is 6.08 Å². The molecule has 3 nitrogen and oxygen atoms in total. The average molecular weight is 243 g/mol. The summed E-state index contributed by atoms with van der Waals surface area (Å²) < 4.78 is 39.8. The standard InChI is InChI=1S/C11H8F3NO2/c12-6-4-7(13)10(17)8(9(6)14)11(15-5-16)2-1-3-11/h4,17H,1-3H2. The fraction of sp³-hybridized carbons (Fsp3) is 0.364. The highest BCUT2D eigenvalue weighted by Crippen LogP contribution is 2.49. The number of carbonyl (C=O) groups excluding carboxylic acids is 1. The molecule has 0 unspecified atom stereocenters. The molecule has 0 spiro atoms. The maximum Gasteiger partial charge on any atom is 0.235 e. The van der Waals surface area contributed by atoms with Crippen LogP contribution in [0.25, 0.3) is 0 Å². The van der Waals surface area contributed by atoms with Crippen LogP contribution < -0.4 is 0 Å². The third-order valence-electron chi connectivity index (χ3n) is 3.05. The van der Waals surface area contributed by atoms with Gasteiger partial charge in [-0.15, -0.1) is 0 Å². The Labute approximate surface area is 94.6 Å². The van der Waals surface area contributed by atoms with Gasteiger partial charge in [0.05, 0.1) is 5.56 Å². The van der Waals surface area contributed by atoms with Gasteiger partial charge in [0.2, 0.25) is 6.08 Å². The highest BCUT2D eigenvalue weighted by atomic mass is 19.2. The number of hydrogen-bond acceptors (Lipinski definition) is 3. The van der Waals surface area contributed by atoms with Gasteiger partial charge in [0.1, 0.15) is 5.54 Å². The van der Waals surface area contributed by atoms with Crippen molar-refractivity contribution in [3.63, 3.8) is 0 Å². The number of phenolic OH excluding ortho intramolecular Hbond substituents is 1. The maximum atomic E-state index is 13.6. The van der Waals surface area contributed by atoms with E-state index in [0.29, 0.717) is 6.42 Å². The molecule has 0 saturated heterocycles. The molecule has 1 aliphatic rings. The first-order chi connectivity index (χ1) is 8.02. The Morgan fingerprint density at radius 3 is 2.41 bits per heavy atom. The number of halogens is 3. The lowest BCUT2D eigenvalue weighted by Gasteiger charge is -2.37. The Balaban J connectivity index is 2.69. The molecule has 2 rings (SSSR count). The molecule has 0 bridgehead atoms. The summed E-state index contributed by atoms with van der Waals surface area (Å²) in [6, 6.07) is 0.255. The van der Waals surface area contributed by atoms with Gasteiger partial charge in [-0.3, -0.25) is 0 Å². The molecule has 17 heavy (non-hydrogen) atoms. The number of aliphatic imine (C=N–C) groups is 1. The molecule has 0 aromatic heterocycles. The maximum absolute atomic E-state index is 13.6. The number of isocyanates is 1. The van der Waals surface area contributed by atoms with Gasteiger partial charge in [0.25, 0.3) is 0 Å². The van der Waals surface area contributed by atoms with Gasteiger partial charge in [-0.25, -0.2) is 18.0 Å². The Bertz CT molecular complexity index is 494. The molecule has 0 atom stereocenters. The predicted molar refractivity (Wildman–Crippen MR) is 51.6 cm³/mol. The molecule has 0 aliphatic heterocycles. The van der Waals surface area contributed by atoms with Gasteiger partial charge in [-0.05, 0) is 19.3 Å². The van der Waals surface area contributed by atoms with Crippen LogP contribution in [-0.2, 0) is 10.3 Å². The lowest BCUT2D eigenvalue weighted by Crippen LogP contribution is -2.33. The summed E-state index contributed by atoms with van der Waals surface area (Å²) >= 11 is 0. The molecule has 0 amide bonds. The van der Waals surface area contributed by atoms with Crippen LogP contribution in [0.5, 0.6) is 5.75 Å². The van der Waals surface area contributed by atoms with Crippen LogP contribution in [0, 0.1) is 17.5 Å². The van der Waals surface area contributed by atoms with E-state index in [9.17, 15) is 23.1 Å². The Morgan fingerprint density at radius 2 is 1.94 bits per heavy atom. The van der Waals surface area contributed by atoms with E-state index < -0.39 is 34.3 Å². The SMILES string of the molecule is O=C=NC1(c2c(O)c(F)cc(F)c2F)CCC1. The second kappa shape index (κ2) is 3.89. The van der Waals surface area contributed by atoms with Crippen LogP contribution in [-0.4, -0.2) is 11.2 Å². The summed E-state index contributed by atoms with van der Waals surface area (Å²) in [4.78, 5) is 13.7. The van der Waals surface area contributed by atoms with Gasteiger partial charge in [-0.1, -0.05) is 0 Å². The molecule has 1 N–H and O–H groups in total. The first-order valence-corrected chi connectivity index (χ1v) is 4.98. The van der Waals surface area contributed by atoms with Crippen molar-refractivity contribution in [2.24, 2.45) is 4.99 Å². The summed E-state index contributed by atoms with van der Waals surface area (Å²) in [5.74, 6) is -5.06. The monoisotopic (exact) mass is 243 g/mol. The lowest BCUT2D eigenvalue weighted by atomic mass is 9.71. The predicted octanol–water partition coefficient (Wildman–Crippen LogP) is 2.52. The second-order valence-corrected chi connectivity index (χ2v) is 3.97. The fourth-order valence-electron chi connectivity index (χ4n) is 2.03. The fourth-order valence-corrected chi connectivity index (χ4v) is 2.03. The quantitative estimate of drug-likeness (QED) is 0.493. The third kappa shape index (κ3) is 1.61. The van der Waals surface area contributed by atoms with Crippen LogP contribution in [0.2, 0.25) is 0 Å². The zero-order chi connectivity index (χ0) is 12.6. The zero-order valence-electron chi connectivity index (χ0n) is 8.64. The minimum Gasteiger partial charge on any atom is -0.504 e. The summed E-state index contributed by atoms with van der Waals surface area (Å²) in [7, 11) is 0. The van der Waals surface area contributed by atoms with Crippen LogP contribution in [0.4, 0.5) is 13.2 Å². The zero-order valence-corrected chi connectivity index (χ0v) is 8.64. The first-order valence-electron chi connectivity index (χ1n) is 4.98. The highest BCUT2D eigenvalue weighted by molar-refractivity contribution is 5.46. The summed E-state index contributed by atoms with van der Waals surface area (Å²) in [5, 5.41) is 9.46. The van der Waals surface area contributed by atoms with Gasteiger partial charge >= 0.3 is 0 Å². The molecule has 1 fully saturated rings. The van der Waals surface area contributed by atoms with Crippen molar-refractivity contribution in [3.8, 4) is 5.75 Å². The molecule has 90 valence electrons. The Morgan fingerprint density at radius 1 is 1.29 bits per heavy atom. The molecular formula is C11H8F3NO2. The first kappa shape index (κ1) is 11.7. The summed E-state index contributed by atoms with van der Waals surface area (Å²) in [6.45, 7) is 0. The van der Waals surface area contributed by atoms with E-state index in [2.05, 4.69) is 4.99 Å². The number of benzene rings is 1. The smallest absolute Gasteiger partial charge is 0.235 e. The average Bonchev–Trinajstić information content (AvgIpc) is 2.23. The molecule has 0 radical (unpaired) electrons. The molecular weight excluding hydrogens is 235 g/mol. The van der Waals surface area contributed by atoms with Crippen LogP contribution in [0.15, 0.2) is 11.1 Å². The lowest BCUT2D eigenvalue weighted by molar-refractivity contribution is 0.232. The van der Waals surface area contributed by atoms with Crippen LogP contribution in [0.3, 0.4) is 0 Å².